The number of anilines is 3. The number of aromatic nitrogens is 3. The summed E-state index contributed by atoms with van der Waals surface area (Å²) < 4.78 is 5.96. The minimum atomic E-state index is -0.231. The van der Waals surface area contributed by atoms with Crippen LogP contribution in [0.2, 0.25) is 0 Å². The van der Waals surface area contributed by atoms with Gasteiger partial charge in [0.2, 0.25) is 0 Å². The Morgan fingerprint density at radius 1 is 1.00 bits per heavy atom. The van der Waals surface area contributed by atoms with Crippen LogP contribution in [-0.2, 0) is 6.42 Å². The number of hydrogen-bond donors (Lipinski definition) is 3. The highest BCUT2D eigenvalue weighted by molar-refractivity contribution is 5.98. The Labute approximate surface area is 243 Å². The summed E-state index contributed by atoms with van der Waals surface area (Å²) in [7, 11) is 5.83. The molecular weight excluding hydrogens is 516 g/mol. The van der Waals surface area contributed by atoms with Crippen LogP contribution in [0.4, 0.5) is 17.3 Å². The lowest BCUT2D eigenvalue weighted by Crippen LogP contribution is -2.52. The van der Waals surface area contributed by atoms with Gasteiger partial charge in [-0.1, -0.05) is 13.0 Å². The molecule has 0 amide bonds. The van der Waals surface area contributed by atoms with E-state index in [4.69, 9.17) is 19.7 Å². The maximum Gasteiger partial charge on any atom is 0.153 e. The van der Waals surface area contributed by atoms with Crippen LogP contribution in [0.25, 0.3) is 22.2 Å². The summed E-state index contributed by atoms with van der Waals surface area (Å²) in [4.78, 5) is 22.4. The van der Waals surface area contributed by atoms with Gasteiger partial charge in [0, 0.05) is 70.2 Å². The summed E-state index contributed by atoms with van der Waals surface area (Å²) in [5.74, 6) is 2.37. The molecule has 3 N–H and O–H groups in total. The molecule has 41 heavy (non-hydrogen) atoms. The second-order valence-electron chi connectivity index (χ2n) is 11.8. The Balaban J connectivity index is 1.28. The average Bonchev–Trinajstić information content (AvgIpc) is 2.99. The molecule has 3 aromatic rings. The van der Waals surface area contributed by atoms with E-state index in [1.54, 1.807) is 7.11 Å². The van der Waals surface area contributed by atoms with Crippen LogP contribution in [0, 0.1) is 0 Å². The number of aliphatic hydroxyl groups excluding tert-OH is 1. The van der Waals surface area contributed by atoms with Crippen molar-refractivity contribution in [2.45, 2.75) is 57.2 Å². The molecule has 0 radical (unpaired) electrons. The van der Waals surface area contributed by atoms with E-state index >= 15 is 0 Å². The third-order valence-electron chi connectivity index (χ3n) is 9.15. The molecule has 2 saturated heterocycles. The van der Waals surface area contributed by atoms with E-state index in [-0.39, 0.29) is 12.1 Å². The van der Waals surface area contributed by atoms with Gasteiger partial charge < -0.3 is 30.3 Å². The monoisotopic (exact) mass is 560 g/mol. The smallest absolute Gasteiger partial charge is 0.153 e. The number of pyridine rings is 1. The van der Waals surface area contributed by atoms with E-state index in [2.05, 4.69) is 57.5 Å². The highest BCUT2D eigenvalue weighted by Crippen LogP contribution is 2.38. The zero-order valence-electron chi connectivity index (χ0n) is 24.9. The lowest BCUT2D eigenvalue weighted by atomic mass is 9.89. The largest absolute Gasteiger partial charge is 0.495 e. The molecule has 3 aliphatic rings. The number of nitrogens with one attached hydrogen (secondary N) is 2. The highest BCUT2D eigenvalue weighted by Gasteiger charge is 2.30. The van der Waals surface area contributed by atoms with Crippen LogP contribution in [0.15, 0.2) is 24.4 Å². The number of piperazine rings is 1. The van der Waals surface area contributed by atoms with Crippen molar-refractivity contribution in [2.75, 3.05) is 76.0 Å². The number of rotatable bonds is 8. The number of aliphatic hydroxyl groups is 1. The van der Waals surface area contributed by atoms with E-state index < -0.39 is 0 Å². The summed E-state index contributed by atoms with van der Waals surface area (Å²) in [6, 6.07) is 7.35. The van der Waals surface area contributed by atoms with Crippen molar-refractivity contribution in [1.29, 1.82) is 0 Å². The molecule has 220 valence electrons. The van der Waals surface area contributed by atoms with Gasteiger partial charge >= 0.3 is 0 Å². The first-order chi connectivity index (χ1) is 20.0. The lowest BCUT2D eigenvalue weighted by molar-refractivity contribution is 0.0835. The minimum absolute atomic E-state index is 0.218. The summed E-state index contributed by atoms with van der Waals surface area (Å²) in [6.45, 7) is 8.84. The van der Waals surface area contributed by atoms with Gasteiger partial charge in [-0.3, -0.25) is 4.90 Å². The van der Waals surface area contributed by atoms with Crippen LogP contribution in [-0.4, -0.2) is 109 Å². The minimum Gasteiger partial charge on any atom is -0.495 e. The zero-order chi connectivity index (χ0) is 28.5. The zero-order valence-corrected chi connectivity index (χ0v) is 24.9. The van der Waals surface area contributed by atoms with Gasteiger partial charge in [0.15, 0.2) is 5.82 Å². The highest BCUT2D eigenvalue weighted by atomic mass is 16.5. The second-order valence-corrected chi connectivity index (χ2v) is 11.8. The average molecular weight is 561 g/mol. The Morgan fingerprint density at radius 2 is 1.76 bits per heavy atom. The molecule has 10 nitrogen and oxygen atoms in total. The maximum atomic E-state index is 9.79. The molecule has 1 aromatic carbocycles. The van der Waals surface area contributed by atoms with Crippen molar-refractivity contribution in [3.05, 3.63) is 30.1 Å². The van der Waals surface area contributed by atoms with E-state index in [9.17, 15) is 5.11 Å². The third-order valence-corrected chi connectivity index (χ3v) is 9.15. The predicted molar refractivity (Wildman–Crippen MR) is 165 cm³/mol. The Bertz CT molecular complexity index is 1360. The van der Waals surface area contributed by atoms with Crippen molar-refractivity contribution in [3.63, 3.8) is 0 Å². The van der Waals surface area contributed by atoms with Crippen molar-refractivity contribution in [1.82, 2.24) is 24.8 Å². The number of ether oxygens (including phenoxy) is 1. The molecule has 10 heteroatoms. The van der Waals surface area contributed by atoms with Crippen LogP contribution in [0.5, 0.6) is 5.75 Å². The standard InChI is InChI=1S/C31H44N8O2/c1-5-25-30(34-21-17-23(40)18-21)36-28-24(19-33-31(32-2)29(28)35-25)20-6-7-26(27(16-20)41-4)39-10-8-22(9-11-39)38-14-12-37(3)13-15-38/h6-7,16,19,21-23,40H,5,8-15,17-18H2,1-4H3,(H,32,33)(H,34,36). The molecule has 1 aliphatic carbocycles. The number of fused-ring (bicyclic) bond motifs is 1. The van der Waals surface area contributed by atoms with E-state index in [0.29, 0.717) is 11.9 Å². The van der Waals surface area contributed by atoms with Crippen LogP contribution in [0.3, 0.4) is 0 Å². The molecule has 1 saturated carbocycles. The van der Waals surface area contributed by atoms with Crippen LogP contribution < -0.4 is 20.3 Å². The van der Waals surface area contributed by atoms with Crippen molar-refractivity contribution >= 4 is 28.4 Å². The first-order valence-corrected chi connectivity index (χ1v) is 15.1. The molecule has 2 aromatic heterocycles. The number of aryl methyl sites for hydroxylation is 1. The Kier molecular flexibility index (Phi) is 8.14. The SMILES string of the molecule is CCc1nc2c(NC)ncc(-c3ccc(N4CCC(N5CCN(C)CC5)CC4)c(OC)c3)c2nc1NC1CC(O)C1. The summed E-state index contributed by atoms with van der Waals surface area (Å²) in [5, 5.41) is 16.5. The van der Waals surface area contributed by atoms with Crippen molar-refractivity contribution < 1.29 is 9.84 Å². The van der Waals surface area contributed by atoms with Crippen LogP contribution >= 0.6 is 0 Å². The summed E-state index contributed by atoms with van der Waals surface area (Å²) in [6.07, 6.45) is 6.22. The van der Waals surface area contributed by atoms with E-state index in [1.165, 1.54) is 39.0 Å². The molecule has 0 atom stereocenters. The van der Waals surface area contributed by atoms with Gasteiger partial charge in [-0.2, -0.15) is 0 Å². The number of likely N-dealkylation sites (N-methyl/N-ethyl adjacent to an activating group) is 1. The fourth-order valence-electron chi connectivity index (χ4n) is 6.50. The van der Waals surface area contributed by atoms with Gasteiger partial charge in [-0.15, -0.1) is 0 Å². The second kappa shape index (κ2) is 12.0. The third kappa shape index (κ3) is 5.65. The molecule has 0 unspecified atom stereocenters. The Hall–Kier alpha value is -3.21. The topological polar surface area (TPSA) is 102 Å². The molecule has 2 aliphatic heterocycles. The molecule has 0 spiro atoms. The fourth-order valence-corrected chi connectivity index (χ4v) is 6.50. The molecular formula is C31H44N8O2. The van der Waals surface area contributed by atoms with Gasteiger partial charge in [0.05, 0.1) is 24.6 Å². The number of piperidine rings is 1. The van der Waals surface area contributed by atoms with Gasteiger partial charge in [0.25, 0.3) is 0 Å². The Morgan fingerprint density at radius 3 is 2.41 bits per heavy atom. The fraction of sp³-hybridized carbons (Fsp3) is 0.581. The van der Waals surface area contributed by atoms with Crippen LogP contribution in [0.1, 0.15) is 38.3 Å². The summed E-state index contributed by atoms with van der Waals surface area (Å²) in [5.41, 5.74) is 5.53. The van der Waals surface area contributed by atoms with Crippen molar-refractivity contribution in [2.24, 2.45) is 0 Å². The van der Waals surface area contributed by atoms with E-state index in [0.717, 1.165) is 77.5 Å². The number of methoxy groups -OCH3 is 1. The van der Waals surface area contributed by atoms with Gasteiger partial charge in [-0.05, 0) is 56.8 Å². The number of benzene rings is 1. The van der Waals surface area contributed by atoms with Crippen molar-refractivity contribution in [3.8, 4) is 16.9 Å². The number of hydrogen-bond acceptors (Lipinski definition) is 10. The molecule has 0 bridgehead atoms. The lowest BCUT2D eigenvalue weighted by Gasteiger charge is -2.42. The molecule has 3 fully saturated rings. The predicted octanol–water partition coefficient (Wildman–Crippen LogP) is 3.46. The first kappa shape index (κ1) is 27.9. The molecule has 4 heterocycles. The first-order valence-electron chi connectivity index (χ1n) is 15.1. The van der Waals surface area contributed by atoms with Gasteiger partial charge in [-0.25, -0.2) is 15.0 Å². The molecule has 6 rings (SSSR count). The normalized spacial score (nSPS) is 22.5. The maximum absolute atomic E-state index is 9.79. The number of nitrogens with zero attached hydrogens (tertiary/aromatic N) is 6. The summed E-state index contributed by atoms with van der Waals surface area (Å²) >= 11 is 0. The quantitative estimate of drug-likeness (QED) is 0.380. The van der Waals surface area contributed by atoms with E-state index in [1.807, 2.05) is 13.2 Å². The van der Waals surface area contributed by atoms with Gasteiger partial charge in [0.1, 0.15) is 22.6 Å².